The maximum Gasteiger partial charge on any atom is 0.251 e. The maximum absolute atomic E-state index is 4.27. The lowest BCUT2D eigenvalue weighted by Gasteiger charge is -1.99. The van der Waals surface area contributed by atoms with Crippen LogP contribution in [0.5, 0.6) is 0 Å². The van der Waals surface area contributed by atoms with Gasteiger partial charge in [0, 0.05) is 99.5 Å². The van der Waals surface area contributed by atoms with Crippen LogP contribution in [0.2, 0.25) is 0 Å². The van der Waals surface area contributed by atoms with Gasteiger partial charge >= 0.3 is 0 Å². The highest BCUT2D eigenvalue weighted by Gasteiger charge is 2.13. The third kappa shape index (κ3) is 21.7. The molecule has 18 heteroatoms. The SMILES string of the molecule is C=C1Nc2cncc(C)c2N1.Cc1cc2c(cn1)cnn2C.Cc1ccc(C)c(C)n1.Cc1cccc(C)n1.Cc1ccn2c(C)cnc2n1.Cc1ccnc(C)c1.Cc1ccsc1C.Cc1cnc(C)c(C)c1.Cc1cnn2c(C)cnc2n1. The number of anilines is 2. The van der Waals surface area contributed by atoms with Crippen molar-refractivity contribution >= 4 is 45.2 Å². The molecule has 0 radical (unpaired) electrons. The molecule has 12 aromatic rings. The van der Waals surface area contributed by atoms with Crippen molar-refractivity contribution in [3.63, 3.8) is 0 Å². The van der Waals surface area contributed by atoms with Crippen molar-refractivity contribution in [3.8, 4) is 0 Å². The number of nitrogens with zero attached hydrogens (tertiary/aromatic N) is 15. The summed E-state index contributed by atoms with van der Waals surface area (Å²) in [4.78, 5) is 42.9. The van der Waals surface area contributed by atoms with Crippen LogP contribution in [0.4, 0.5) is 11.4 Å². The van der Waals surface area contributed by atoms with Crippen LogP contribution in [0, 0.1) is 125 Å². The molecule has 0 saturated heterocycles. The first-order valence-electron chi connectivity index (χ1n) is 27.8. The fraction of sp³-hybridized carbons (Fsp3) is 0.284. The normalized spacial score (nSPS) is 10.5. The number of thiophene rings is 1. The Balaban J connectivity index is 0.000000175. The zero-order valence-corrected chi connectivity index (χ0v) is 53.8. The number of pyridine rings is 6. The second kappa shape index (κ2) is 32.4. The topological polar surface area (TPSA) is 192 Å². The summed E-state index contributed by atoms with van der Waals surface area (Å²) in [6, 6.07) is 22.5. The van der Waals surface area contributed by atoms with Crippen LogP contribution >= 0.6 is 11.3 Å². The van der Waals surface area contributed by atoms with Gasteiger partial charge in [0.1, 0.15) is 5.82 Å². The van der Waals surface area contributed by atoms with Gasteiger partial charge in [-0.3, -0.25) is 39.0 Å². The Kier molecular flexibility index (Phi) is 25.3. The Labute approximate surface area is 506 Å². The third-order valence-electron chi connectivity index (χ3n) is 12.9. The van der Waals surface area contributed by atoms with Crippen LogP contribution in [0.3, 0.4) is 0 Å². The lowest BCUT2D eigenvalue weighted by Crippen LogP contribution is -1.96. The predicted molar refractivity (Wildman–Crippen MR) is 349 cm³/mol. The Morgan fingerprint density at radius 3 is 1.71 bits per heavy atom. The lowest BCUT2D eigenvalue weighted by molar-refractivity contribution is 0.796. The van der Waals surface area contributed by atoms with E-state index in [-0.39, 0.29) is 0 Å². The molecule has 13 rings (SSSR count). The molecule has 442 valence electrons. The Morgan fingerprint density at radius 1 is 0.459 bits per heavy atom. The molecule has 1 aliphatic heterocycles. The first kappa shape index (κ1) is 66.4. The molecule has 0 amide bonds. The summed E-state index contributed by atoms with van der Waals surface area (Å²) in [6.07, 6.45) is 18.3. The highest BCUT2D eigenvalue weighted by Crippen LogP contribution is 2.31. The zero-order valence-electron chi connectivity index (χ0n) is 53.0. The molecule has 17 nitrogen and oxygen atoms in total. The van der Waals surface area contributed by atoms with Crippen LogP contribution in [-0.2, 0) is 7.05 Å². The summed E-state index contributed by atoms with van der Waals surface area (Å²) >= 11 is 1.80. The van der Waals surface area contributed by atoms with Gasteiger partial charge in [0.2, 0.25) is 5.78 Å². The summed E-state index contributed by atoms with van der Waals surface area (Å²) in [5, 5.41) is 17.6. The summed E-state index contributed by atoms with van der Waals surface area (Å²) in [7, 11) is 1.93. The second-order valence-electron chi connectivity index (χ2n) is 20.7. The van der Waals surface area contributed by atoms with Crippen molar-refractivity contribution in [2.45, 2.75) is 125 Å². The van der Waals surface area contributed by atoms with E-state index >= 15 is 0 Å². The molecule has 0 aromatic carbocycles. The monoisotopic (exact) mass is 1160 g/mol. The molecule has 0 spiro atoms. The number of imidazole rings is 2. The van der Waals surface area contributed by atoms with E-state index in [9.17, 15) is 0 Å². The number of aromatic nitrogens is 15. The van der Waals surface area contributed by atoms with Gasteiger partial charge in [-0.1, -0.05) is 24.8 Å². The molecule has 2 N–H and O–H groups in total. The van der Waals surface area contributed by atoms with Gasteiger partial charge in [-0.25, -0.2) is 24.5 Å². The van der Waals surface area contributed by atoms with Crippen molar-refractivity contribution in [1.82, 2.24) is 73.6 Å². The molecule has 0 aliphatic carbocycles. The van der Waals surface area contributed by atoms with E-state index in [2.05, 4.69) is 148 Å². The van der Waals surface area contributed by atoms with E-state index in [0.717, 1.165) is 102 Å². The Hall–Kier alpha value is -9.42. The molecule has 0 bridgehead atoms. The minimum atomic E-state index is 0.669. The van der Waals surface area contributed by atoms with E-state index < -0.39 is 0 Å². The van der Waals surface area contributed by atoms with E-state index in [1.54, 1.807) is 34.4 Å². The number of hydrogen-bond acceptors (Lipinski definition) is 15. The largest absolute Gasteiger partial charge is 0.340 e. The molecule has 0 saturated carbocycles. The smallest absolute Gasteiger partial charge is 0.251 e. The summed E-state index contributed by atoms with van der Waals surface area (Å²) in [6.45, 7) is 40.2. The average molecular weight is 1160 g/mol. The standard InChI is InChI=1S/3C8H9N3.2C8H11N.C7H8N4.2C7H9N.C6H8S/c1-6-3-8-7(4-9-6)5-10-11(8)2;1-5-3-9-4-7-8(5)11-6(2)10-7;1-6-3-4-11-7(2)5-9-8(11)10-6;1-6-4-7(2)8(3)9-5-6;1-6-4-5-7(2)9-8(6)3;1-5-3-9-11-6(2)4-8-7(11)10-5;1-6-3-4-8-7(2)5-6;1-6-4-3-5-7(2)8-6;1-5-3-4-7-6(5)2/h3-5H,1-2H3;3-4,10-11H,2H2,1H3;3-5H,1-2H3;2*4-5H,1-3H3;3-4H,1-2H3;2*3-5H,1-2H3;3-4H,1-2H3. The molecule has 85 heavy (non-hydrogen) atoms. The molecule has 12 aromatic heterocycles. The van der Waals surface area contributed by atoms with Gasteiger partial charge in [-0.05, 0) is 212 Å². The number of nitrogens with one attached hydrogen (secondary N) is 2. The van der Waals surface area contributed by atoms with Crippen LogP contribution in [0.15, 0.2) is 146 Å². The Bertz CT molecular complexity index is 3850. The van der Waals surface area contributed by atoms with Crippen molar-refractivity contribution in [3.05, 3.63) is 247 Å². The van der Waals surface area contributed by atoms with Crippen molar-refractivity contribution < 1.29 is 0 Å². The van der Waals surface area contributed by atoms with Crippen LogP contribution in [0.1, 0.15) is 101 Å². The van der Waals surface area contributed by atoms with E-state index in [1.807, 2.05) is 185 Å². The summed E-state index contributed by atoms with van der Waals surface area (Å²) < 4.78 is 5.53. The summed E-state index contributed by atoms with van der Waals surface area (Å²) in [5.74, 6) is 2.26. The number of fused-ring (bicyclic) bond motifs is 4. The fourth-order valence-corrected chi connectivity index (χ4v) is 8.45. The van der Waals surface area contributed by atoms with Crippen LogP contribution < -0.4 is 10.6 Å². The number of rotatable bonds is 0. The van der Waals surface area contributed by atoms with Crippen LogP contribution in [0.25, 0.3) is 22.5 Å². The molecular weight excluding hydrogens is 1070 g/mol. The molecule has 0 atom stereocenters. The van der Waals surface area contributed by atoms with E-state index in [0.29, 0.717) is 5.78 Å². The fourth-order valence-electron chi connectivity index (χ4n) is 7.71. The van der Waals surface area contributed by atoms with Gasteiger partial charge < -0.3 is 10.6 Å². The molecule has 1 aliphatic rings. The van der Waals surface area contributed by atoms with Crippen molar-refractivity contribution in [2.24, 2.45) is 7.05 Å². The molecular formula is C67H83N17S. The maximum atomic E-state index is 4.27. The molecule has 0 unspecified atom stereocenters. The number of hydrogen-bond donors (Lipinski definition) is 2. The first-order valence-corrected chi connectivity index (χ1v) is 28.7. The van der Waals surface area contributed by atoms with Gasteiger partial charge in [0.05, 0.1) is 59.3 Å². The first-order chi connectivity index (χ1) is 40.4. The number of aryl methyl sites for hydroxylation is 19. The second-order valence-corrected chi connectivity index (χ2v) is 21.9. The quantitative estimate of drug-likeness (QED) is 0.146. The van der Waals surface area contributed by atoms with Gasteiger partial charge in [-0.15, -0.1) is 11.3 Å². The lowest BCUT2D eigenvalue weighted by atomic mass is 10.2. The van der Waals surface area contributed by atoms with Gasteiger partial charge in [0.25, 0.3) is 5.78 Å². The van der Waals surface area contributed by atoms with Crippen molar-refractivity contribution in [1.29, 1.82) is 0 Å². The highest BCUT2D eigenvalue weighted by atomic mass is 32.1. The summed E-state index contributed by atoms with van der Waals surface area (Å²) in [5.41, 5.74) is 22.5. The molecule has 0 fully saturated rings. The predicted octanol–water partition coefficient (Wildman–Crippen LogP) is 14.8. The van der Waals surface area contributed by atoms with Gasteiger partial charge in [-0.2, -0.15) is 10.2 Å². The average Bonchev–Trinajstić information content (AvgIpc) is 4.32. The van der Waals surface area contributed by atoms with Crippen molar-refractivity contribution in [2.75, 3.05) is 10.6 Å². The van der Waals surface area contributed by atoms with Gasteiger partial charge in [0.15, 0.2) is 0 Å². The van der Waals surface area contributed by atoms with E-state index in [1.165, 1.54) is 32.7 Å². The highest BCUT2D eigenvalue weighted by molar-refractivity contribution is 7.10. The zero-order chi connectivity index (χ0) is 62.3. The Morgan fingerprint density at radius 2 is 1.13 bits per heavy atom. The third-order valence-corrected chi connectivity index (χ3v) is 13.8. The van der Waals surface area contributed by atoms with E-state index in [4.69, 9.17) is 0 Å². The molecule has 13 heterocycles. The van der Waals surface area contributed by atoms with Crippen LogP contribution in [-0.4, -0.2) is 73.6 Å². The minimum absolute atomic E-state index is 0.669. The minimum Gasteiger partial charge on any atom is -0.340 e.